The van der Waals surface area contributed by atoms with E-state index in [-0.39, 0.29) is 11.8 Å². The summed E-state index contributed by atoms with van der Waals surface area (Å²) in [5.41, 5.74) is 2.77. The zero-order chi connectivity index (χ0) is 13.5. The van der Waals surface area contributed by atoms with Crippen LogP contribution in [0.15, 0.2) is 18.2 Å². The van der Waals surface area contributed by atoms with Crippen molar-refractivity contribution in [3.63, 3.8) is 0 Å². The van der Waals surface area contributed by atoms with Gasteiger partial charge in [-0.15, -0.1) is 0 Å². The van der Waals surface area contributed by atoms with Crippen LogP contribution in [0.25, 0.3) is 0 Å². The average molecular weight is 247 g/mol. The molecule has 2 N–H and O–H groups in total. The molecule has 1 heterocycles. The van der Waals surface area contributed by atoms with Gasteiger partial charge in [-0.3, -0.25) is 9.59 Å². The number of hydrogen-bond acceptors (Lipinski definition) is 2. The van der Waals surface area contributed by atoms with E-state index in [1.54, 1.807) is 0 Å². The molecule has 1 aromatic rings. The van der Waals surface area contributed by atoms with Crippen molar-refractivity contribution in [2.24, 2.45) is 5.92 Å². The van der Waals surface area contributed by atoms with Gasteiger partial charge >= 0.3 is 5.97 Å². The van der Waals surface area contributed by atoms with Gasteiger partial charge in [0.2, 0.25) is 5.91 Å². The Morgan fingerprint density at radius 2 is 2.06 bits per heavy atom. The van der Waals surface area contributed by atoms with E-state index in [9.17, 15) is 9.59 Å². The molecule has 0 bridgehead atoms. The fourth-order valence-electron chi connectivity index (χ4n) is 2.08. The van der Waals surface area contributed by atoms with Crippen LogP contribution in [0.1, 0.15) is 31.9 Å². The van der Waals surface area contributed by atoms with Gasteiger partial charge in [0.1, 0.15) is 5.92 Å². The summed E-state index contributed by atoms with van der Waals surface area (Å²) in [5.74, 6) is -2.48. The smallest absolute Gasteiger partial charge is 0.316 e. The highest BCUT2D eigenvalue weighted by Gasteiger charge is 2.32. The molecule has 2 rings (SSSR count). The van der Waals surface area contributed by atoms with Crippen molar-refractivity contribution in [3.05, 3.63) is 29.3 Å². The third-order valence-corrected chi connectivity index (χ3v) is 3.27. The van der Waals surface area contributed by atoms with Crippen LogP contribution in [-0.2, 0) is 21.4 Å². The zero-order valence-electron chi connectivity index (χ0n) is 10.8. The molecular formula is C14H17NO3. The molecular weight excluding hydrogens is 230 g/mol. The first-order valence-electron chi connectivity index (χ1n) is 5.96. The molecule has 1 aliphatic heterocycles. The zero-order valence-corrected chi connectivity index (χ0v) is 10.8. The third-order valence-electron chi connectivity index (χ3n) is 3.27. The molecule has 0 radical (unpaired) electrons. The number of nitrogens with one attached hydrogen (secondary N) is 1. The van der Waals surface area contributed by atoms with Crippen molar-refractivity contribution in [2.75, 3.05) is 5.32 Å². The highest BCUT2D eigenvalue weighted by atomic mass is 16.4. The van der Waals surface area contributed by atoms with Crippen LogP contribution >= 0.6 is 0 Å². The molecule has 1 atom stereocenters. The van der Waals surface area contributed by atoms with Crippen LogP contribution < -0.4 is 5.32 Å². The number of fused-ring (bicyclic) bond motifs is 1. The van der Waals surface area contributed by atoms with Crippen LogP contribution in [-0.4, -0.2) is 17.0 Å². The molecule has 1 aliphatic rings. The summed E-state index contributed by atoms with van der Waals surface area (Å²) < 4.78 is 0. The molecule has 0 saturated carbocycles. The van der Waals surface area contributed by atoms with Gasteiger partial charge in [0.05, 0.1) is 0 Å². The summed E-state index contributed by atoms with van der Waals surface area (Å²) in [6, 6.07) is 5.82. The number of rotatable bonds is 1. The first kappa shape index (κ1) is 12.6. The lowest BCUT2D eigenvalue weighted by molar-refractivity contribution is -0.145. The Bertz CT molecular complexity index is 514. The molecule has 1 unspecified atom stereocenters. The first-order chi connectivity index (χ1) is 8.29. The predicted octanol–water partition coefficient (Wildman–Crippen LogP) is 2.18. The highest BCUT2D eigenvalue weighted by Crippen LogP contribution is 2.31. The minimum Gasteiger partial charge on any atom is -0.481 e. The number of carboxylic acids is 1. The van der Waals surface area contributed by atoms with E-state index in [0.717, 1.165) is 16.8 Å². The predicted molar refractivity (Wildman–Crippen MR) is 68.6 cm³/mol. The average Bonchev–Trinajstić information content (AvgIpc) is 2.25. The van der Waals surface area contributed by atoms with E-state index in [2.05, 4.69) is 26.1 Å². The molecule has 4 heteroatoms. The summed E-state index contributed by atoms with van der Waals surface area (Å²) in [5, 5.41) is 11.7. The summed E-state index contributed by atoms with van der Waals surface area (Å²) in [6.45, 7) is 6.31. The van der Waals surface area contributed by atoms with Gasteiger partial charge in [-0.05, 0) is 29.0 Å². The Morgan fingerprint density at radius 1 is 1.39 bits per heavy atom. The second-order valence-electron chi connectivity index (χ2n) is 5.71. The number of aliphatic carboxylic acids is 1. The van der Waals surface area contributed by atoms with Crippen molar-refractivity contribution < 1.29 is 14.7 Å². The van der Waals surface area contributed by atoms with Crippen molar-refractivity contribution in [1.29, 1.82) is 0 Å². The number of hydrogen-bond donors (Lipinski definition) is 2. The Labute approximate surface area is 106 Å². The van der Waals surface area contributed by atoms with E-state index in [0.29, 0.717) is 0 Å². The Hall–Kier alpha value is -1.84. The van der Waals surface area contributed by atoms with Crippen LogP contribution in [0.4, 0.5) is 5.69 Å². The number of anilines is 1. The quantitative estimate of drug-likeness (QED) is 0.747. The van der Waals surface area contributed by atoms with Gasteiger partial charge in [0.25, 0.3) is 0 Å². The largest absolute Gasteiger partial charge is 0.481 e. The van der Waals surface area contributed by atoms with Gasteiger partial charge in [-0.2, -0.15) is 0 Å². The molecule has 0 aromatic heterocycles. The van der Waals surface area contributed by atoms with Gasteiger partial charge in [0.15, 0.2) is 0 Å². The molecule has 96 valence electrons. The minimum absolute atomic E-state index is 0.00913. The van der Waals surface area contributed by atoms with E-state index in [4.69, 9.17) is 5.11 Å². The maximum absolute atomic E-state index is 11.6. The molecule has 18 heavy (non-hydrogen) atoms. The van der Waals surface area contributed by atoms with E-state index < -0.39 is 17.8 Å². The second-order valence-corrected chi connectivity index (χ2v) is 5.71. The monoisotopic (exact) mass is 247 g/mol. The fourth-order valence-corrected chi connectivity index (χ4v) is 2.08. The summed E-state index contributed by atoms with van der Waals surface area (Å²) in [6.07, 6.45) is 0.264. The van der Waals surface area contributed by atoms with E-state index in [1.807, 2.05) is 18.2 Å². The Morgan fingerprint density at radius 3 is 2.61 bits per heavy atom. The van der Waals surface area contributed by atoms with Gasteiger partial charge in [-0.25, -0.2) is 0 Å². The number of amides is 1. The minimum atomic E-state index is -1.07. The first-order valence-corrected chi connectivity index (χ1v) is 5.96. The van der Waals surface area contributed by atoms with Crippen LogP contribution in [0, 0.1) is 5.92 Å². The SMILES string of the molecule is CC(C)(C)c1ccc2c(c1)CC(C(=O)O)C(=O)N2. The van der Waals surface area contributed by atoms with Crippen molar-refractivity contribution in [1.82, 2.24) is 0 Å². The second kappa shape index (κ2) is 4.12. The molecule has 1 aromatic carbocycles. The van der Waals surface area contributed by atoms with Gasteiger partial charge in [0, 0.05) is 5.69 Å². The highest BCUT2D eigenvalue weighted by molar-refractivity contribution is 6.06. The van der Waals surface area contributed by atoms with Crippen molar-refractivity contribution in [2.45, 2.75) is 32.6 Å². The van der Waals surface area contributed by atoms with Crippen molar-refractivity contribution in [3.8, 4) is 0 Å². The lowest BCUT2D eigenvalue weighted by Gasteiger charge is -2.25. The molecule has 0 spiro atoms. The number of carboxylic acid groups (broad SMARTS) is 1. The molecule has 1 amide bonds. The Kier molecular flexibility index (Phi) is 2.89. The standard InChI is InChI=1S/C14H17NO3/c1-14(2,3)9-4-5-11-8(6-9)7-10(13(17)18)12(16)15-11/h4-6,10H,7H2,1-3H3,(H,15,16)(H,17,18). The van der Waals surface area contributed by atoms with Crippen LogP contribution in [0.2, 0.25) is 0 Å². The molecule has 0 saturated heterocycles. The third kappa shape index (κ3) is 2.23. The molecule has 0 aliphatic carbocycles. The van der Waals surface area contributed by atoms with Crippen LogP contribution in [0.5, 0.6) is 0 Å². The normalized spacial score (nSPS) is 19.1. The maximum atomic E-state index is 11.6. The lowest BCUT2D eigenvalue weighted by Crippen LogP contribution is -2.35. The summed E-state index contributed by atoms with van der Waals surface area (Å²) in [7, 11) is 0. The topological polar surface area (TPSA) is 66.4 Å². The number of carbonyl (C=O) groups excluding carboxylic acids is 1. The summed E-state index contributed by atoms with van der Waals surface area (Å²) >= 11 is 0. The Balaban J connectivity index is 2.40. The number of carbonyl (C=O) groups is 2. The number of benzene rings is 1. The van der Waals surface area contributed by atoms with E-state index in [1.165, 1.54) is 0 Å². The van der Waals surface area contributed by atoms with Gasteiger partial charge < -0.3 is 10.4 Å². The van der Waals surface area contributed by atoms with Crippen molar-refractivity contribution >= 4 is 17.6 Å². The van der Waals surface area contributed by atoms with Gasteiger partial charge in [-0.1, -0.05) is 32.9 Å². The van der Waals surface area contributed by atoms with E-state index >= 15 is 0 Å². The molecule has 4 nitrogen and oxygen atoms in total. The molecule has 0 fully saturated rings. The lowest BCUT2D eigenvalue weighted by atomic mass is 9.83. The maximum Gasteiger partial charge on any atom is 0.316 e. The summed E-state index contributed by atoms with van der Waals surface area (Å²) in [4.78, 5) is 22.6. The fraction of sp³-hybridized carbons (Fsp3) is 0.429. The van der Waals surface area contributed by atoms with Crippen LogP contribution in [0.3, 0.4) is 0 Å².